The van der Waals surface area contributed by atoms with Crippen molar-refractivity contribution in [2.45, 2.75) is 21.3 Å². The van der Waals surface area contributed by atoms with Gasteiger partial charge >= 0.3 is 0 Å². The number of nitrogens with two attached hydrogens (primary N) is 1. The summed E-state index contributed by atoms with van der Waals surface area (Å²) in [7, 11) is 0. The number of carbonyl (C=O) groups excluding carboxylic acids is 1. The molecule has 1 rings (SSSR count). The molecule has 1 aliphatic carbocycles. The molecule has 0 bridgehead atoms. The molecule has 0 aliphatic heterocycles. The van der Waals surface area contributed by atoms with E-state index in [1.165, 1.54) is 0 Å². The lowest BCUT2D eigenvalue weighted by molar-refractivity contribution is -0.104. The lowest BCUT2D eigenvalue weighted by atomic mass is 10.3. The molecule has 0 aromatic rings. The Hall–Kier alpha value is -1.05. The van der Waals surface area contributed by atoms with E-state index >= 15 is 0 Å². The van der Waals surface area contributed by atoms with Crippen LogP contribution < -0.4 is 5.73 Å². The van der Waals surface area contributed by atoms with E-state index in [0.29, 0.717) is 12.1 Å². The van der Waals surface area contributed by atoms with Crippen LogP contribution in [0.4, 0.5) is 0 Å². The summed E-state index contributed by atoms with van der Waals surface area (Å²) in [5, 5.41) is 0. The Kier molecular flexibility index (Phi) is 5.61. The summed E-state index contributed by atoms with van der Waals surface area (Å²) in [6.45, 7) is 0. The number of hydrogen-bond donors (Lipinski definition) is 1. The van der Waals surface area contributed by atoms with Gasteiger partial charge in [-0.2, -0.15) is 0 Å². The molecule has 0 amide bonds. The molecule has 0 aromatic heterocycles. The molecule has 10 heavy (non-hydrogen) atoms. The van der Waals surface area contributed by atoms with Gasteiger partial charge in [0.2, 0.25) is 0 Å². The van der Waals surface area contributed by atoms with Gasteiger partial charge in [-0.05, 0) is 18.1 Å². The fourth-order valence-corrected chi connectivity index (χ4v) is 0.650. The Bertz CT molecular complexity index is 168. The second kappa shape index (κ2) is 4.79. The molecule has 0 atom stereocenters. The monoisotopic (exact) mass is 141 g/mol. The minimum absolute atomic E-state index is 0. The SMILES string of the molecule is C.C.NC1=CCC(C=O)=C1. The summed E-state index contributed by atoms with van der Waals surface area (Å²) in [4.78, 5) is 10.00. The molecule has 0 unspecified atom stereocenters. The van der Waals surface area contributed by atoms with Crippen molar-refractivity contribution in [2.75, 3.05) is 0 Å². The lowest BCUT2D eigenvalue weighted by Crippen LogP contribution is -1.87. The predicted octanol–water partition coefficient (Wildman–Crippen LogP) is 1.63. The maximum atomic E-state index is 10.00. The smallest absolute Gasteiger partial charge is 0.146 e. The van der Waals surface area contributed by atoms with Gasteiger partial charge in [0, 0.05) is 5.70 Å². The van der Waals surface area contributed by atoms with E-state index in [4.69, 9.17) is 5.73 Å². The minimum atomic E-state index is 0. The summed E-state index contributed by atoms with van der Waals surface area (Å²) < 4.78 is 0. The molecule has 0 saturated heterocycles. The Morgan fingerprint density at radius 2 is 2.10 bits per heavy atom. The molecule has 58 valence electrons. The van der Waals surface area contributed by atoms with E-state index in [2.05, 4.69) is 0 Å². The average Bonchev–Trinajstić information content (AvgIpc) is 2.14. The zero-order valence-electron chi connectivity index (χ0n) is 4.42. The topological polar surface area (TPSA) is 43.1 Å². The van der Waals surface area contributed by atoms with Crippen molar-refractivity contribution in [1.29, 1.82) is 0 Å². The van der Waals surface area contributed by atoms with Gasteiger partial charge in [0.05, 0.1) is 0 Å². The van der Waals surface area contributed by atoms with Crippen LogP contribution in [0, 0.1) is 0 Å². The van der Waals surface area contributed by atoms with E-state index < -0.39 is 0 Å². The maximum Gasteiger partial charge on any atom is 0.146 e. The molecule has 0 aromatic carbocycles. The van der Waals surface area contributed by atoms with Crippen molar-refractivity contribution in [3.05, 3.63) is 23.4 Å². The Labute approximate surface area is 62.4 Å². The number of hydrogen-bond acceptors (Lipinski definition) is 2. The largest absolute Gasteiger partial charge is 0.399 e. The molecule has 0 radical (unpaired) electrons. The van der Waals surface area contributed by atoms with Crippen LogP contribution in [0.2, 0.25) is 0 Å². The zero-order chi connectivity index (χ0) is 5.98. The van der Waals surface area contributed by atoms with Crippen LogP contribution in [-0.4, -0.2) is 6.29 Å². The van der Waals surface area contributed by atoms with Crippen molar-refractivity contribution in [1.82, 2.24) is 0 Å². The van der Waals surface area contributed by atoms with Crippen molar-refractivity contribution >= 4 is 6.29 Å². The molecule has 0 fully saturated rings. The second-order valence-corrected chi connectivity index (χ2v) is 1.75. The standard InChI is InChI=1S/C6H7NO.2CH4/c7-6-2-1-5(3-6)4-8;;/h2-4H,1,7H2;2*1H4. The van der Waals surface area contributed by atoms with Crippen LogP contribution in [-0.2, 0) is 4.79 Å². The molecule has 1 aliphatic rings. The van der Waals surface area contributed by atoms with Gasteiger partial charge in [0.25, 0.3) is 0 Å². The van der Waals surface area contributed by atoms with Crippen LogP contribution in [0.3, 0.4) is 0 Å². The summed E-state index contributed by atoms with van der Waals surface area (Å²) in [6.07, 6.45) is 5.04. The van der Waals surface area contributed by atoms with Crippen molar-refractivity contribution in [3.8, 4) is 0 Å². The number of rotatable bonds is 1. The van der Waals surface area contributed by atoms with Crippen LogP contribution in [0.25, 0.3) is 0 Å². The molecule has 0 heterocycles. The maximum absolute atomic E-state index is 10.00. The average molecular weight is 141 g/mol. The first-order chi connectivity index (χ1) is 3.83. The van der Waals surface area contributed by atoms with Gasteiger partial charge in [0.15, 0.2) is 0 Å². The highest BCUT2D eigenvalue weighted by molar-refractivity contribution is 5.76. The van der Waals surface area contributed by atoms with E-state index in [-0.39, 0.29) is 14.9 Å². The van der Waals surface area contributed by atoms with Crippen molar-refractivity contribution < 1.29 is 4.79 Å². The Balaban J connectivity index is 0. The molecule has 0 saturated carbocycles. The predicted molar refractivity (Wildman–Crippen MR) is 44.5 cm³/mol. The van der Waals surface area contributed by atoms with Gasteiger partial charge in [0.1, 0.15) is 6.29 Å². The Morgan fingerprint density at radius 3 is 2.30 bits per heavy atom. The van der Waals surface area contributed by atoms with E-state index in [0.717, 1.165) is 11.9 Å². The van der Waals surface area contributed by atoms with Crippen molar-refractivity contribution in [3.63, 3.8) is 0 Å². The summed E-state index contributed by atoms with van der Waals surface area (Å²) >= 11 is 0. The van der Waals surface area contributed by atoms with E-state index in [1.54, 1.807) is 6.08 Å². The highest BCUT2D eigenvalue weighted by Gasteiger charge is 1.99. The molecule has 2 heteroatoms. The third kappa shape index (κ3) is 2.49. The van der Waals surface area contributed by atoms with Gasteiger partial charge in [-0.3, -0.25) is 4.79 Å². The van der Waals surface area contributed by atoms with Gasteiger partial charge in [-0.1, -0.05) is 20.9 Å². The van der Waals surface area contributed by atoms with E-state index in [9.17, 15) is 4.79 Å². The lowest BCUT2D eigenvalue weighted by Gasteiger charge is -1.79. The summed E-state index contributed by atoms with van der Waals surface area (Å²) in [5.41, 5.74) is 6.79. The van der Waals surface area contributed by atoms with Crippen LogP contribution in [0.1, 0.15) is 21.3 Å². The first-order valence-electron chi connectivity index (χ1n) is 2.44. The highest BCUT2D eigenvalue weighted by Crippen LogP contribution is 2.10. The summed E-state index contributed by atoms with van der Waals surface area (Å²) in [5.74, 6) is 0. The molecule has 0 spiro atoms. The van der Waals surface area contributed by atoms with Crippen molar-refractivity contribution in [2.24, 2.45) is 5.73 Å². The van der Waals surface area contributed by atoms with E-state index in [1.807, 2.05) is 6.08 Å². The van der Waals surface area contributed by atoms with Crippen LogP contribution in [0.15, 0.2) is 23.4 Å². The third-order valence-corrected chi connectivity index (χ3v) is 1.08. The van der Waals surface area contributed by atoms with Gasteiger partial charge in [-0.15, -0.1) is 0 Å². The van der Waals surface area contributed by atoms with Crippen LogP contribution >= 0.6 is 0 Å². The minimum Gasteiger partial charge on any atom is -0.399 e. The molecular formula is C8H15NO. The number of allylic oxidation sites excluding steroid dienone is 3. The number of carbonyl (C=O) groups is 1. The third-order valence-electron chi connectivity index (χ3n) is 1.08. The first kappa shape index (κ1) is 11.7. The van der Waals surface area contributed by atoms with Gasteiger partial charge < -0.3 is 5.73 Å². The second-order valence-electron chi connectivity index (χ2n) is 1.75. The molecule has 2 N–H and O–H groups in total. The quantitative estimate of drug-likeness (QED) is 0.564. The number of aldehydes is 1. The first-order valence-corrected chi connectivity index (χ1v) is 2.44. The fourth-order valence-electron chi connectivity index (χ4n) is 0.650. The molecule has 2 nitrogen and oxygen atoms in total. The fraction of sp³-hybridized carbons (Fsp3) is 0.375. The van der Waals surface area contributed by atoms with Crippen LogP contribution in [0.5, 0.6) is 0 Å². The molecular weight excluding hydrogens is 126 g/mol. The summed E-state index contributed by atoms with van der Waals surface area (Å²) in [6, 6.07) is 0. The zero-order valence-corrected chi connectivity index (χ0v) is 4.42. The highest BCUT2D eigenvalue weighted by atomic mass is 16.1. The van der Waals surface area contributed by atoms with Gasteiger partial charge in [-0.25, -0.2) is 0 Å². The normalized spacial score (nSPS) is 14.0. The Morgan fingerprint density at radius 1 is 1.50 bits per heavy atom.